The second-order valence-corrected chi connectivity index (χ2v) is 6.90. The number of benzene rings is 4. The lowest BCUT2D eigenvalue weighted by atomic mass is 9.80. The lowest BCUT2D eigenvalue weighted by Gasteiger charge is -2.36. The summed E-state index contributed by atoms with van der Waals surface area (Å²) in [5, 5.41) is 0. The molecule has 3 heteroatoms. The molecule has 0 aliphatic rings. The van der Waals surface area contributed by atoms with Gasteiger partial charge in [0.05, 0.1) is 12.7 Å². The van der Waals surface area contributed by atoms with Gasteiger partial charge in [0, 0.05) is 16.7 Å². The molecule has 4 aromatic rings. The van der Waals surface area contributed by atoms with E-state index in [0.29, 0.717) is 11.3 Å². The van der Waals surface area contributed by atoms with Gasteiger partial charge in [0.1, 0.15) is 5.75 Å². The van der Waals surface area contributed by atoms with E-state index in [1.54, 1.807) is 24.3 Å². The zero-order chi connectivity index (χ0) is 20.8. The molecule has 0 amide bonds. The molecular formula is C27H22O3. The highest BCUT2D eigenvalue weighted by Gasteiger charge is 2.38. The van der Waals surface area contributed by atoms with Gasteiger partial charge in [-0.1, -0.05) is 91.0 Å². The molecule has 0 unspecified atom stereocenters. The van der Waals surface area contributed by atoms with Crippen molar-refractivity contribution in [2.24, 2.45) is 0 Å². The monoisotopic (exact) mass is 394 g/mol. The zero-order valence-electron chi connectivity index (χ0n) is 16.7. The van der Waals surface area contributed by atoms with Gasteiger partial charge in [-0.15, -0.1) is 0 Å². The first-order valence-electron chi connectivity index (χ1n) is 9.78. The molecule has 0 bridgehead atoms. The van der Waals surface area contributed by atoms with Crippen molar-refractivity contribution in [1.29, 1.82) is 0 Å². The van der Waals surface area contributed by atoms with Gasteiger partial charge in [-0.05, 0) is 24.3 Å². The fraction of sp³-hybridized carbons (Fsp3) is 0.0741. The maximum absolute atomic E-state index is 11.8. The molecule has 0 aliphatic carbocycles. The summed E-state index contributed by atoms with van der Waals surface area (Å²) in [6.45, 7) is 0. The minimum absolute atomic E-state index is 0.373. The molecule has 0 aliphatic heterocycles. The van der Waals surface area contributed by atoms with Gasteiger partial charge >= 0.3 is 5.97 Å². The van der Waals surface area contributed by atoms with Crippen LogP contribution in [-0.4, -0.2) is 13.1 Å². The lowest BCUT2D eigenvalue weighted by molar-refractivity contribution is 0.0600. The summed E-state index contributed by atoms with van der Waals surface area (Å²) in [6.07, 6.45) is 0. The van der Waals surface area contributed by atoms with Gasteiger partial charge in [-0.2, -0.15) is 0 Å². The highest BCUT2D eigenvalue weighted by molar-refractivity contribution is 5.89. The Balaban J connectivity index is 1.90. The van der Waals surface area contributed by atoms with Gasteiger partial charge < -0.3 is 9.47 Å². The van der Waals surface area contributed by atoms with Gasteiger partial charge in [0.2, 0.25) is 0 Å². The molecule has 0 atom stereocenters. The Hall–Kier alpha value is -3.85. The SMILES string of the molecule is COC(=O)c1ccc(OC(c2ccccc2)(c2ccccc2)c2ccccc2)cc1. The van der Waals surface area contributed by atoms with Crippen LogP contribution in [0.5, 0.6) is 5.75 Å². The molecule has 0 radical (unpaired) electrons. The number of rotatable bonds is 6. The number of ether oxygens (including phenoxy) is 2. The molecule has 0 heterocycles. The van der Waals surface area contributed by atoms with E-state index in [1.807, 2.05) is 54.6 Å². The molecule has 4 aromatic carbocycles. The third kappa shape index (κ3) is 3.70. The van der Waals surface area contributed by atoms with Crippen LogP contribution in [0.1, 0.15) is 27.0 Å². The Bertz CT molecular complexity index is 993. The first kappa shape index (κ1) is 19.5. The predicted molar refractivity (Wildman–Crippen MR) is 118 cm³/mol. The molecule has 0 fully saturated rings. The molecule has 30 heavy (non-hydrogen) atoms. The summed E-state index contributed by atoms with van der Waals surface area (Å²) < 4.78 is 11.6. The average Bonchev–Trinajstić information content (AvgIpc) is 2.84. The number of hydrogen-bond acceptors (Lipinski definition) is 3. The average molecular weight is 394 g/mol. The van der Waals surface area contributed by atoms with E-state index in [2.05, 4.69) is 36.4 Å². The van der Waals surface area contributed by atoms with E-state index < -0.39 is 5.60 Å². The van der Waals surface area contributed by atoms with Crippen molar-refractivity contribution in [3.63, 3.8) is 0 Å². The van der Waals surface area contributed by atoms with Crippen LogP contribution in [0.15, 0.2) is 115 Å². The number of carbonyl (C=O) groups excluding carboxylic acids is 1. The summed E-state index contributed by atoms with van der Waals surface area (Å²) in [5.41, 5.74) is 2.67. The Morgan fingerprint density at radius 2 is 1.00 bits per heavy atom. The third-order valence-electron chi connectivity index (χ3n) is 5.09. The number of methoxy groups -OCH3 is 1. The molecule has 4 rings (SSSR count). The molecule has 0 saturated heterocycles. The minimum atomic E-state index is -0.851. The Kier molecular flexibility index (Phi) is 5.62. The molecule has 0 N–H and O–H groups in total. The van der Waals surface area contributed by atoms with Crippen molar-refractivity contribution in [1.82, 2.24) is 0 Å². The van der Waals surface area contributed by atoms with Crippen LogP contribution in [0.25, 0.3) is 0 Å². The molecular weight excluding hydrogens is 372 g/mol. The van der Waals surface area contributed by atoms with E-state index in [-0.39, 0.29) is 5.97 Å². The molecule has 0 aromatic heterocycles. The molecule has 0 spiro atoms. The highest BCUT2D eigenvalue weighted by atomic mass is 16.5. The number of hydrogen-bond donors (Lipinski definition) is 0. The standard InChI is InChI=1S/C27H22O3/c1-29-26(28)21-17-19-25(20-18-21)30-27(22-11-5-2-6-12-22,23-13-7-3-8-14-23)24-15-9-4-10-16-24/h2-20H,1H3. The zero-order valence-corrected chi connectivity index (χ0v) is 16.7. The third-order valence-corrected chi connectivity index (χ3v) is 5.09. The normalized spacial score (nSPS) is 11.0. The first-order chi connectivity index (χ1) is 14.7. The largest absolute Gasteiger partial charge is 0.473 e. The van der Waals surface area contributed by atoms with Crippen LogP contribution >= 0.6 is 0 Å². The minimum Gasteiger partial charge on any atom is -0.473 e. The van der Waals surface area contributed by atoms with Gasteiger partial charge in [-0.3, -0.25) is 0 Å². The number of esters is 1. The van der Waals surface area contributed by atoms with Crippen molar-refractivity contribution in [3.8, 4) is 5.75 Å². The van der Waals surface area contributed by atoms with E-state index in [1.165, 1.54) is 7.11 Å². The van der Waals surface area contributed by atoms with Crippen LogP contribution in [0, 0.1) is 0 Å². The lowest BCUT2D eigenvalue weighted by Crippen LogP contribution is -2.36. The maximum Gasteiger partial charge on any atom is 0.337 e. The molecule has 148 valence electrons. The highest BCUT2D eigenvalue weighted by Crippen LogP contribution is 2.41. The van der Waals surface area contributed by atoms with Gasteiger partial charge in [0.15, 0.2) is 5.60 Å². The summed E-state index contributed by atoms with van der Waals surface area (Å²) in [5.74, 6) is 0.279. The van der Waals surface area contributed by atoms with Gasteiger partial charge in [0.25, 0.3) is 0 Å². The van der Waals surface area contributed by atoms with Crippen molar-refractivity contribution >= 4 is 5.97 Å². The summed E-state index contributed by atoms with van der Waals surface area (Å²) in [7, 11) is 1.37. The van der Waals surface area contributed by atoms with Crippen molar-refractivity contribution in [2.75, 3.05) is 7.11 Å². The molecule has 0 saturated carbocycles. The predicted octanol–water partition coefficient (Wildman–Crippen LogP) is 5.84. The van der Waals surface area contributed by atoms with E-state index in [9.17, 15) is 4.79 Å². The summed E-state index contributed by atoms with van der Waals surface area (Å²) >= 11 is 0. The smallest absolute Gasteiger partial charge is 0.337 e. The topological polar surface area (TPSA) is 35.5 Å². The van der Waals surface area contributed by atoms with Crippen LogP contribution in [0.2, 0.25) is 0 Å². The van der Waals surface area contributed by atoms with Crippen molar-refractivity contribution < 1.29 is 14.3 Å². The van der Waals surface area contributed by atoms with E-state index >= 15 is 0 Å². The second kappa shape index (κ2) is 8.66. The van der Waals surface area contributed by atoms with Crippen LogP contribution in [0.3, 0.4) is 0 Å². The fourth-order valence-corrected chi connectivity index (χ4v) is 3.65. The first-order valence-corrected chi connectivity index (χ1v) is 9.78. The van der Waals surface area contributed by atoms with Crippen molar-refractivity contribution in [2.45, 2.75) is 5.60 Å². The van der Waals surface area contributed by atoms with E-state index in [0.717, 1.165) is 16.7 Å². The Morgan fingerprint density at radius 3 is 1.37 bits per heavy atom. The van der Waals surface area contributed by atoms with Crippen LogP contribution in [0.4, 0.5) is 0 Å². The second-order valence-electron chi connectivity index (χ2n) is 6.90. The quantitative estimate of drug-likeness (QED) is 0.304. The fourth-order valence-electron chi connectivity index (χ4n) is 3.65. The van der Waals surface area contributed by atoms with Gasteiger partial charge in [-0.25, -0.2) is 4.79 Å². The number of carbonyl (C=O) groups is 1. The maximum atomic E-state index is 11.8. The Morgan fingerprint density at radius 1 is 0.600 bits per heavy atom. The van der Waals surface area contributed by atoms with Crippen LogP contribution in [-0.2, 0) is 10.3 Å². The summed E-state index contributed by atoms with van der Waals surface area (Å²) in [4.78, 5) is 11.8. The van der Waals surface area contributed by atoms with E-state index in [4.69, 9.17) is 9.47 Å². The van der Waals surface area contributed by atoms with Crippen LogP contribution < -0.4 is 4.74 Å². The Labute approximate surface area is 176 Å². The summed E-state index contributed by atoms with van der Waals surface area (Å²) in [6, 6.07) is 37.5. The molecule has 3 nitrogen and oxygen atoms in total. The van der Waals surface area contributed by atoms with Crippen molar-refractivity contribution in [3.05, 3.63) is 138 Å².